The monoisotopic (exact) mass is 626 g/mol. The maximum atomic E-state index is 13.9. The van der Waals surface area contributed by atoms with Gasteiger partial charge < -0.3 is 19.6 Å². The predicted molar refractivity (Wildman–Crippen MR) is 173 cm³/mol. The lowest BCUT2D eigenvalue weighted by atomic mass is 9.58. The number of carbonyl (C=O) groups is 3. The van der Waals surface area contributed by atoms with E-state index >= 15 is 0 Å². The van der Waals surface area contributed by atoms with Gasteiger partial charge in [-0.05, 0) is 93.2 Å². The highest BCUT2D eigenvalue weighted by Crippen LogP contribution is 2.52. The zero-order chi connectivity index (χ0) is 33.0. The number of rotatable bonds is 4. The quantitative estimate of drug-likeness (QED) is 0.493. The van der Waals surface area contributed by atoms with Crippen LogP contribution in [0.3, 0.4) is 0 Å². The fourth-order valence-electron chi connectivity index (χ4n) is 7.99. The van der Waals surface area contributed by atoms with Crippen molar-refractivity contribution in [2.24, 2.45) is 11.3 Å². The van der Waals surface area contributed by atoms with Crippen molar-refractivity contribution in [2.45, 2.75) is 96.4 Å². The molecule has 1 N–H and O–H groups in total. The van der Waals surface area contributed by atoms with Gasteiger partial charge in [0.2, 0.25) is 0 Å². The fraction of sp³-hybridized carbons (Fsp3) is 0.568. The molecule has 3 aliphatic heterocycles. The van der Waals surface area contributed by atoms with Gasteiger partial charge in [0.1, 0.15) is 5.60 Å². The van der Waals surface area contributed by atoms with Crippen LogP contribution in [0, 0.1) is 22.7 Å². The predicted octanol–water partition coefficient (Wildman–Crippen LogP) is 5.30. The van der Waals surface area contributed by atoms with Gasteiger partial charge in [-0.15, -0.1) is 0 Å². The molecule has 0 bridgehead atoms. The molecule has 0 unspecified atom stereocenters. The van der Waals surface area contributed by atoms with E-state index in [2.05, 4.69) is 19.9 Å². The SMILES string of the molecule is CC(C)(C)OC(=O)N1Cc2ccccc2C[C@H]1[C@H](O)CN1CC(C)(C)c2cc(C(=O)N3CCC4(CC3)CC(C#N)C4)ccc2C1=O. The molecular formula is C37H46N4O5. The maximum absolute atomic E-state index is 13.9. The maximum Gasteiger partial charge on any atom is 0.410 e. The molecule has 0 aromatic heterocycles. The van der Waals surface area contributed by atoms with E-state index in [4.69, 9.17) is 4.74 Å². The average Bonchev–Trinajstić information content (AvgIpc) is 3.00. The summed E-state index contributed by atoms with van der Waals surface area (Å²) in [6.07, 6.45) is 2.73. The molecule has 2 aromatic rings. The van der Waals surface area contributed by atoms with E-state index in [0.29, 0.717) is 43.7 Å². The third kappa shape index (κ3) is 6.12. The summed E-state index contributed by atoms with van der Waals surface area (Å²) in [5.74, 6) is -0.0503. The van der Waals surface area contributed by atoms with E-state index in [0.717, 1.165) is 42.4 Å². The van der Waals surface area contributed by atoms with Crippen LogP contribution in [0.1, 0.15) is 97.7 Å². The van der Waals surface area contributed by atoms with E-state index in [9.17, 15) is 24.8 Å². The van der Waals surface area contributed by atoms with Crippen LogP contribution in [-0.4, -0.2) is 81.6 Å². The first-order valence-electron chi connectivity index (χ1n) is 16.6. The fourth-order valence-corrected chi connectivity index (χ4v) is 7.99. The van der Waals surface area contributed by atoms with E-state index in [1.807, 2.05) is 56.0 Å². The third-order valence-electron chi connectivity index (χ3n) is 10.5. The van der Waals surface area contributed by atoms with Crippen molar-refractivity contribution < 1.29 is 24.2 Å². The summed E-state index contributed by atoms with van der Waals surface area (Å²) in [5, 5.41) is 20.8. The van der Waals surface area contributed by atoms with Crippen LogP contribution in [0.15, 0.2) is 42.5 Å². The van der Waals surface area contributed by atoms with Crippen LogP contribution in [0.5, 0.6) is 0 Å². The number of likely N-dealkylation sites (tertiary alicyclic amines) is 1. The highest BCUT2D eigenvalue weighted by atomic mass is 16.6. The zero-order valence-corrected chi connectivity index (χ0v) is 27.7. The summed E-state index contributed by atoms with van der Waals surface area (Å²) in [5.41, 5.74) is 3.12. The molecule has 244 valence electrons. The molecule has 4 aliphatic rings. The number of hydrogen-bond donors (Lipinski definition) is 1. The van der Waals surface area contributed by atoms with Crippen LogP contribution < -0.4 is 0 Å². The van der Waals surface area contributed by atoms with Crippen LogP contribution in [0.25, 0.3) is 0 Å². The number of carbonyl (C=O) groups excluding carboxylic acids is 3. The standard InChI is InChI=1S/C37H46N4O5/c1-35(2,3)46-34(45)41-21-27-9-7-6-8-25(27)17-30(41)31(42)22-40-23-36(4,5)29-16-26(10-11-28(29)33(40)44)32(43)39-14-12-37(13-15-39)18-24(19-37)20-38/h6-11,16,24,30-31,42H,12-15,17-19,21-23H2,1-5H3/t30-,31+/m0/s1. The van der Waals surface area contributed by atoms with Crippen LogP contribution in [0.2, 0.25) is 0 Å². The minimum absolute atomic E-state index is 0.0188. The second kappa shape index (κ2) is 11.7. The third-order valence-corrected chi connectivity index (χ3v) is 10.5. The van der Waals surface area contributed by atoms with Crippen molar-refractivity contribution in [1.29, 1.82) is 5.26 Å². The molecule has 1 spiro atoms. The Hall–Kier alpha value is -3.90. The van der Waals surface area contributed by atoms with E-state index in [-0.39, 0.29) is 29.7 Å². The Labute approximate surface area is 272 Å². The minimum Gasteiger partial charge on any atom is -0.444 e. The number of aliphatic hydroxyl groups is 1. The number of nitrogens with zero attached hydrogens (tertiary/aromatic N) is 4. The molecular weight excluding hydrogens is 580 g/mol. The number of piperidine rings is 1. The van der Waals surface area contributed by atoms with Crippen LogP contribution in [0.4, 0.5) is 4.79 Å². The number of aliphatic hydroxyl groups excluding tert-OH is 1. The van der Waals surface area contributed by atoms with Gasteiger partial charge in [0.05, 0.1) is 18.2 Å². The number of hydrogen-bond acceptors (Lipinski definition) is 6. The molecule has 2 fully saturated rings. The Balaban J connectivity index is 1.17. The molecule has 6 rings (SSSR count). The van der Waals surface area contributed by atoms with Gasteiger partial charge in [-0.25, -0.2) is 4.79 Å². The summed E-state index contributed by atoms with van der Waals surface area (Å²) in [4.78, 5) is 45.9. The summed E-state index contributed by atoms with van der Waals surface area (Å²) in [6, 6.07) is 15.1. The Morgan fingerprint density at radius 2 is 1.76 bits per heavy atom. The first kappa shape index (κ1) is 32.1. The van der Waals surface area contributed by atoms with Gasteiger partial charge in [-0.3, -0.25) is 14.5 Å². The number of amides is 3. The van der Waals surface area contributed by atoms with Crippen LogP contribution >= 0.6 is 0 Å². The number of fused-ring (bicyclic) bond motifs is 2. The highest BCUT2D eigenvalue weighted by Gasteiger charge is 2.47. The van der Waals surface area contributed by atoms with Gasteiger partial charge in [-0.2, -0.15) is 5.26 Å². The van der Waals surface area contributed by atoms with Crippen molar-refractivity contribution in [3.05, 3.63) is 70.3 Å². The molecule has 0 radical (unpaired) electrons. The molecule has 9 nitrogen and oxygen atoms in total. The first-order chi connectivity index (χ1) is 21.7. The highest BCUT2D eigenvalue weighted by molar-refractivity contribution is 6.00. The lowest BCUT2D eigenvalue weighted by Gasteiger charge is -2.50. The number of β-amino-alcohol motifs (C(OH)–C–C–N with tert-alkyl or cyclic N) is 1. The van der Waals surface area contributed by atoms with Gasteiger partial charge in [0.15, 0.2) is 0 Å². The molecule has 3 amide bonds. The smallest absolute Gasteiger partial charge is 0.410 e. The van der Waals surface area contributed by atoms with E-state index in [1.54, 1.807) is 21.9 Å². The number of benzene rings is 2. The molecule has 1 saturated heterocycles. The Morgan fingerprint density at radius 1 is 1.09 bits per heavy atom. The Kier molecular flexibility index (Phi) is 8.17. The largest absolute Gasteiger partial charge is 0.444 e. The van der Waals surface area contributed by atoms with Crippen molar-refractivity contribution in [3.63, 3.8) is 0 Å². The molecule has 46 heavy (non-hydrogen) atoms. The van der Waals surface area contributed by atoms with Gasteiger partial charge in [-0.1, -0.05) is 38.1 Å². The summed E-state index contributed by atoms with van der Waals surface area (Å²) in [7, 11) is 0. The van der Waals surface area contributed by atoms with E-state index in [1.165, 1.54) is 0 Å². The molecule has 3 heterocycles. The number of nitriles is 1. The minimum atomic E-state index is -0.996. The molecule has 1 aliphatic carbocycles. The Bertz CT molecular complexity index is 1570. The van der Waals surface area contributed by atoms with Gasteiger partial charge in [0.25, 0.3) is 11.8 Å². The zero-order valence-electron chi connectivity index (χ0n) is 27.7. The number of ether oxygens (including phenoxy) is 1. The van der Waals surface area contributed by atoms with Crippen molar-refractivity contribution >= 4 is 17.9 Å². The van der Waals surface area contributed by atoms with Gasteiger partial charge >= 0.3 is 6.09 Å². The second-order valence-electron chi connectivity index (χ2n) is 15.6. The lowest BCUT2D eigenvalue weighted by Crippen LogP contribution is -2.57. The second-order valence-corrected chi connectivity index (χ2v) is 15.6. The van der Waals surface area contributed by atoms with Crippen LogP contribution in [-0.2, 0) is 23.1 Å². The molecule has 2 aromatic carbocycles. The lowest BCUT2D eigenvalue weighted by molar-refractivity contribution is -0.0193. The topological polar surface area (TPSA) is 114 Å². The summed E-state index contributed by atoms with van der Waals surface area (Å²) in [6.45, 7) is 11.7. The average molecular weight is 627 g/mol. The van der Waals surface area contributed by atoms with Crippen molar-refractivity contribution in [2.75, 3.05) is 26.2 Å². The first-order valence-corrected chi connectivity index (χ1v) is 16.6. The molecule has 9 heteroatoms. The normalized spacial score (nSPS) is 22.8. The van der Waals surface area contributed by atoms with Crippen molar-refractivity contribution in [1.82, 2.24) is 14.7 Å². The molecule has 1 saturated carbocycles. The van der Waals surface area contributed by atoms with Crippen molar-refractivity contribution in [3.8, 4) is 6.07 Å². The van der Waals surface area contributed by atoms with E-state index < -0.39 is 29.3 Å². The molecule has 2 atom stereocenters. The van der Waals surface area contributed by atoms with Gasteiger partial charge in [0, 0.05) is 55.2 Å². The summed E-state index contributed by atoms with van der Waals surface area (Å²) < 4.78 is 5.72. The Morgan fingerprint density at radius 3 is 2.41 bits per heavy atom. The summed E-state index contributed by atoms with van der Waals surface area (Å²) >= 11 is 0.